The average Bonchev–Trinajstić information content (AvgIpc) is 3.03. The van der Waals surface area contributed by atoms with Gasteiger partial charge in [0.05, 0.1) is 25.3 Å². The first-order valence-electron chi connectivity index (χ1n) is 10.8. The number of ether oxygens (including phenoxy) is 1. The Kier molecular flexibility index (Phi) is 7.62. The Bertz CT molecular complexity index is 1090. The molecule has 3 rings (SSSR count). The summed E-state index contributed by atoms with van der Waals surface area (Å²) >= 11 is 0. The summed E-state index contributed by atoms with van der Waals surface area (Å²) in [5, 5.41) is 8.54. The number of hydrogen-bond donors (Lipinski definition) is 3. The van der Waals surface area contributed by atoms with Crippen LogP contribution in [-0.4, -0.2) is 48.1 Å². The minimum absolute atomic E-state index is 0.0733. The molecule has 0 aromatic heterocycles. The molecule has 1 aliphatic rings. The first-order valence-corrected chi connectivity index (χ1v) is 10.8. The zero-order valence-corrected chi connectivity index (χ0v) is 19.0. The number of urea groups is 1. The molecule has 10 heteroatoms. The summed E-state index contributed by atoms with van der Waals surface area (Å²) in [5.41, 5.74) is 0.541. The third-order valence-electron chi connectivity index (χ3n) is 5.66. The molecule has 0 radical (unpaired) electrons. The molecule has 34 heavy (non-hydrogen) atoms. The van der Waals surface area contributed by atoms with Crippen molar-refractivity contribution in [3.05, 3.63) is 71.3 Å². The second-order valence-electron chi connectivity index (χ2n) is 7.86. The SMILES string of the molecule is CCOC(=O)CC(NC(=O)CN1C(=O)NC(=O)C1(C)c1ccc(C=NN)cc1)c1ccccc1. The van der Waals surface area contributed by atoms with Gasteiger partial charge in [0.15, 0.2) is 0 Å². The van der Waals surface area contributed by atoms with Crippen molar-refractivity contribution in [1.29, 1.82) is 0 Å². The van der Waals surface area contributed by atoms with Crippen LogP contribution in [-0.2, 0) is 24.7 Å². The van der Waals surface area contributed by atoms with E-state index in [1.54, 1.807) is 62.4 Å². The van der Waals surface area contributed by atoms with E-state index in [0.717, 1.165) is 0 Å². The van der Waals surface area contributed by atoms with Crippen molar-refractivity contribution in [2.24, 2.45) is 10.9 Å². The number of carbonyl (C=O) groups is 4. The predicted molar refractivity (Wildman–Crippen MR) is 124 cm³/mol. The molecule has 4 N–H and O–H groups in total. The standard InChI is InChI=1S/C24H27N5O5/c1-3-34-21(31)13-19(17-7-5-4-6-8-17)27-20(30)15-29-23(33)28-22(32)24(29,2)18-11-9-16(10-12-18)14-26-25/h4-12,14,19H,3,13,15,25H2,1-2H3,(H,27,30)(H,28,32,33). The van der Waals surface area contributed by atoms with Crippen molar-refractivity contribution < 1.29 is 23.9 Å². The molecule has 1 fully saturated rings. The van der Waals surface area contributed by atoms with Gasteiger partial charge in [0, 0.05) is 0 Å². The fourth-order valence-corrected chi connectivity index (χ4v) is 3.82. The maximum absolute atomic E-state index is 13.0. The molecule has 2 atom stereocenters. The molecule has 0 aliphatic carbocycles. The minimum atomic E-state index is -1.41. The molecular weight excluding hydrogens is 438 g/mol. The quantitative estimate of drug-likeness (QED) is 0.169. The number of imide groups is 1. The average molecular weight is 466 g/mol. The van der Waals surface area contributed by atoms with Gasteiger partial charge in [-0.1, -0.05) is 54.6 Å². The van der Waals surface area contributed by atoms with E-state index in [0.29, 0.717) is 16.7 Å². The largest absolute Gasteiger partial charge is 0.466 e. The Morgan fingerprint density at radius 2 is 1.85 bits per heavy atom. The van der Waals surface area contributed by atoms with Crippen LogP contribution < -0.4 is 16.5 Å². The van der Waals surface area contributed by atoms with Crippen molar-refractivity contribution in [2.45, 2.75) is 31.8 Å². The van der Waals surface area contributed by atoms with Gasteiger partial charge in [0.2, 0.25) is 5.91 Å². The van der Waals surface area contributed by atoms with Gasteiger partial charge in [0.1, 0.15) is 12.1 Å². The normalized spacial score (nSPS) is 18.6. The van der Waals surface area contributed by atoms with Crippen molar-refractivity contribution in [1.82, 2.24) is 15.5 Å². The smallest absolute Gasteiger partial charge is 0.325 e. The van der Waals surface area contributed by atoms with Gasteiger partial charge >= 0.3 is 12.0 Å². The lowest BCUT2D eigenvalue weighted by molar-refractivity contribution is -0.143. The van der Waals surface area contributed by atoms with Gasteiger partial charge in [-0.15, -0.1) is 0 Å². The first-order chi connectivity index (χ1) is 16.3. The van der Waals surface area contributed by atoms with Crippen molar-refractivity contribution in [3.8, 4) is 0 Å². The minimum Gasteiger partial charge on any atom is -0.466 e. The highest BCUT2D eigenvalue weighted by Gasteiger charge is 2.51. The Hall–Kier alpha value is -4.21. The second-order valence-corrected chi connectivity index (χ2v) is 7.86. The molecule has 10 nitrogen and oxygen atoms in total. The maximum atomic E-state index is 13.0. The molecule has 178 valence electrons. The lowest BCUT2D eigenvalue weighted by atomic mass is 9.90. The van der Waals surface area contributed by atoms with Crippen LogP contribution in [0.4, 0.5) is 4.79 Å². The molecule has 0 spiro atoms. The lowest BCUT2D eigenvalue weighted by Crippen LogP contribution is -2.49. The number of nitrogens with one attached hydrogen (secondary N) is 2. The number of amides is 4. The third-order valence-corrected chi connectivity index (χ3v) is 5.66. The molecule has 0 saturated carbocycles. The van der Waals surface area contributed by atoms with E-state index in [4.69, 9.17) is 10.6 Å². The van der Waals surface area contributed by atoms with Crippen LogP contribution in [0.2, 0.25) is 0 Å². The Balaban J connectivity index is 1.81. The van der Waals surface area contributed by atoms with Crippen LogP contribution in [0.1, 0.15) is 43.0 Å². The van der Waals surface area contributed by atoms with E-state index in [9.17, 15) is 19.2 Å². The Morgan fingerprint density at radius 1 is 1.18 bits per heavy atom. The molecule has 4 amide bonds. The predicted octanol–water partition coefficient (Wildman–Crippen LogP) is 1.56. The van der Waals surface area contributed by atoms with Crippen LogP contribution in [0.15, 0.2) is 59.7 Å². The topological polar surface area (TPSA) is 143 Å². The summed E-state index contributed by atoms with van der Waals surface area (Å²) in [6.45, 7) is 3.10. The van der Waals surface area contributed by atoms with Crippen LogP contribution >= 0.6 is 0 Å². The van der Waals surface area contributed by atoms with E-state index < -0.39 is 41.9 Å². The van der Waals surface area contributed by atoms with Crippen molar-refractivity contribution in [3.63, 3.8) is 0 Å². The molecular formula is C24H27N5O5. The maximum Gasteiger partial charge on any atom is 0.325 e. The fourth-order valence-electron chi connectivity index (χ4n) is 3.82. The molecule has 2 aromatic rings. The highest BCUT2D eigenvalue weighted by atomic mass is 16.5. The van der Waals surface area contributed by atoms with Crippen molar-refractivity contribution >= 4 is 30.0 Å². The second kappa shape index (κ2) is 10.6. The molecule has 0 bridgehead atoms. The van der Waals surface area contributed by atoms with Gasteiger partial charge in [-0.2, -0.15) is 5.10 Å². The molecule has 1 heterocycles. The molecule has 1 saturated heterocycles. The molecule has 1 aliphatic heterocycles. The Labute approximate surface area is 197 Å². The fraction of sp³-hybridized carbons (Fsp3) is 0.292. The van der Waals surface area contributed by atoms with Gasteiger partial charge in [-0.05, 0) is 30.5 Å². The number of nitrogens with zero attached hydrogens (tertiary/aromatic N) is 2. The number of hydrogen-bond acceptors (Lipinski definition) is 7. The van der Waals surface area contributed by atoms with E-state index in [-0.39, 0.29) is 13.0 Å². The molecule has 2 aromatic carbocycles. The monoisotopic (exact) mass is 465 g/mol. The van der Waals surface area contributed by atoms with Crippen LogP contribution in [0.5, 0.6) is 0 Å². The van der Waals surface area contributed by atoms with Gasteiger partial charge in [-0.3, -0.25) is 24.6 Å². The Morgan fingerprint density at radius 3 is 2.47 bits per heavy atom. The highest BCUT2D eigenvalue weighted by molar-refractivity contribution is 6.08. The third kappa shape index (κ3) is 5.22. The summed E-state index contributed by atoms with van der Waals surface area (Å²) in [6.07, 6.45) is 1.38. The zero-order valence-electron chi connectivity index (χ0n) is 19.0. The first kappa shape index (κ1) is 24.4. The van der Waals surface area contributed by atoms with Gasteiger partial charge in [0.25, 0.3) is 5.91 Å². The van der Waals surface area contributed by atoms with Crippen LogP contribution in [0.25, 0.3) is 0 Å². The van der Waals surface area contributed by atoms with E-state index in [1.165, 1.54) is 11.1 Å². The van der Waals surface area contributed by atoms with Crippen LogP contribution in [0, 0.1) is 0 Å². The van der Waals surface area contributed by atoms with E-state index in [1.807, 2.05) is 6.07 Å². The number of nitrogens with two attached hydrogens (primary N) is 1. The summed E-state index contributed by atoms with van der Waals surface area (Å²) in [5.74, 6) is 3.64. The summed E-state index contributed by atoms with van der Waals surface area (Å²) in [7, 11) is 0. The number of benzene rings is 2. The summed E-state index contributed by atoms with van der Waals surface area (Å²) in [6, 6.07) is 14.4. The zero-order chi connectivity index (χ0) is 24.7. The number of carbonyl (C=O) groups excluding carboxylic acids is 4. The molecule has 2 unspecified atom stereocenters. The van der Waals surface area contributed by atoms with Gasteiger partial charge < -0.3 is 15.9 Å². The number of hydrazone groups is 1. The van der Waals surface area contributed by atoms with Crippen molar-refractivity contribution in [2.75, 3.05) is 13.2 Å². The van der Waals surface area contributed by atoms with Gasteiger partial charge in [-0.25, -0.2) is 4.79 Å². The van der Waals surface area contributed by atoms with E-state index in [2.05, 4.69) is 15.7 Å². The lowest BCUT2D eigenvalue weighted by Gasteiger charge is -2.32. The van der Waals surface area contributed by atoms with Crippen LogP contribution in [0.3, 0.4) is 0 Å². The number of esters is 1. The summed E-state index contributed by atoms with van der Waals surface area (Å²) in [4.78, 5) is 51.6. The highest BCUT2D eigenvalue weighted by Crippen LogP contribution is 2.33. The summed E-state index contributed by atoms with van der Waals surface area (Å²) < 4.78 is 5.03. The number of rotatable bonds is 9. The van der Waals surface area contributed by atoms with E-state index >= 15 is 0 Å².